The zero-order valence-corrected chi connectivity index (χ0v) is 12.6. The molecule has 0 spiro atoms. The zero-order chi connectivity index (χ0) is 16.5. The van der Waals surface area contributed by atoms with Crippen LogP contribution in [0.1, 0.15) is 10.4 Å². The van der Waals surface area contributed by atoms with Gasteiger partial charge in [0.1, 0.15) is 5.82 Å². The number of hydrogen-bond acceptors (Lipinski definition) is 7. The number of nitrogens with zero attached hydrogens (tertiary/aromatic N) is 4. The van der Waals surface area contributed by atoms with Crippen LogP contribution >= 0.6 is 0 Å². The number of aromatic nitrogens is 3. The molecule has 0 bridgehead atoms. The van der Waals surface area contributed by atoms with E-state index in [2.05, 4.69) is 9.97 Å². The summed E-state index contributed by atoms with van der Waals surface area (Å²) >= 11 is 0. The Labute approximate surface area is 126 Å². The Morgan fingerprint density at radius 3 is 2.59 bits per heavy atom. The van der Waals surface area contributed by atoms with Gasteiger partial charge in [-0.1, -0.05) is 0 Å². The number of hydrogen-bond donors (Lipinski definition) is 1. The summed E-state index contributed by atoms with van der Waals surface area (Å²) in [7, 11) is -1.42. The Bertz CT molecular complexity index is 888. The van der Waals surface area contributed by atoms with E-state index in [-0.39, 0.29) is 11.4 Å². The highest BCUT2D eigenvalue weighted by atomic mass is 32.2. The Kier molecular flexibility index (Phi) is 3.95. The van der Waals surface area contributed by atoms with Gasteiger partial charge in [-0.25, -0.2) is 9.78 Å². The molecule has 0 radical (unpaired) electrons. The zero-order valence-electron chi connectivity index (χ0n) is 11.8. The minimum atomic E-state index is -4.37. The molecule has 0 unspecified atom stereocenters. The number of carbonyl (C=O) groups excluding carboxylic acids is 1. The van der Waals surface area contributed by atoms with E-state index in [1.54, 1.807) is 0 Å². The molecule has 2 aromatic rings. The van der Waals surface area contributed by atoms with Gasteiger partial charge in [-0.3, -0.25) is 4.79 Å². The first-order chi connectivity index (χ1) is 10.2. The maximum absolute atomic E-state index is 12.6. The van der Waals surface area contributed by atoms with Crippen molar-refractivity contribution in [2.24, 2.45) is 0 Å². The molecule has 0 saturated heterocycles. The summed E-state index contributed by atoms with van der Waals surface area (Å²) < 4.78 is 25.5. The molecule has 2 aromatic heterocycles. The molecule has 9 nitrogen and oxygen atoms in total. The van der Waals surface area contributed by atoms with Gasteiger partial charge in [-0.2, -0.15) is 17.4 Å². The number of carbonyl (C=O) groups is 1. The Hall–Kier alpha value is -2.75. The minimum absolute atomic E-state index is 0.109. The second kappa shape index (κ2) is 5.56. The van der Waals surface area contributed by atoms with Gasteiger partial charge < -0.3 is 10.6 Å². The lowest BCUT2D eigenvalue weighted by molar-refractivity contribution is 0.0823. The van der Waals surface area contributed by atoms with E-state index < -0.39 is 26.6 Å². The van der Waals surface area contributed by atoms with E-state index in [4.69, 9.17) is 5.73 Å². The number of pyridine rings is 1. The van der Waals surface area contributed by atoms with E-state index in [1.165, 1.54) is 37.3 Å². The van der Waals surface area contributed by atoms with Gasteiger partial charge >= 0.3 is 5.69 Å². The molecule has 2 N–H and O–H groups in total. The minimum Gasteiger partial charge on any atom is -0.383 e. The Morgan fingerprint density at radius 2 is 2.00 bits per heavy atom. The lowest BCUT2D eigenvalue weighted by Crippen LogP contribution is -2.32. The van der Waals surface area contributed by atoms with Crippen LogP contribution in [0.5, 0.6) is 0 Å². The molecule has 0 aromatic carbocycles. The topological polar surface area (TPSA) is 128 Å². The molecule has 22 heavy (non-hydrogen) atoms. The van der Waals surface area contributed by atoms with Crippen LogP contribution in [-0.2, 0) is 10.0 Å². The van der Waals surface area contributed by atoms with E-state index in [0.717, 1.165) is 12.3 Å². The third-order valence-corrected chi connectivity index (χ3v) is 4.31. The third-order valence-electron chi connectivity index (χ3n) is 2.70. The number of nitrogens with two attached hydrogens (primary N) is 1. The Balaban J connectivity index is 2.70. The predicted molar refractivity (Wildman–Crippen MR) is 77.7 cm³/mol. The van der Waals surface area contributed by atoms with Crippen LogP contribution in [0, 0.1) is 0 Å². The van der Waals surface area contributed by atoms with Crippen LogP contribution in [-0.4, -0.2) is 47.3 Å². The van der Waals surface area contributed by atoms with Crippen molar-refractivity contribution < 1.29 is 13.2 Å². The molecule has 0 fully saturated rings. The van der Waals surface area contributed by atoms with Crippen LogP contribution in [0.15, 0.2) is 40.4 Å². The lowest BCUT2D eigenvalue weighted by Gasteiger charge is -2.14. The molecule has 116 valence electrons. The van der Waals surface area contributed by atoms with E-state index in [9.17, 15) is 18.0 Å². The first-order valence-corrected chi connectivity index (χ1v) is 7.46. The number of amides is 1. The van der Waals surface area contributed by atoms with Crippen molar-refractivity contribution in [3.05, 3.63) is 46.6 Å². The maximum Gasteiger partial charge on any atom is 0.363 e. The monoisotopic (exact) mass is 323 g/mol. The van der Waals surface area contributed by atoms with Gasteiger partial charge in [0.15, 0.2) is 5.03 Å². The van der Waals surface area contributed by atoms with E-state index >= 15 is 0 Å². The summed E-state index contributed by atoms with van der Waals surface area (Å²) in [5.74, 6) is -0.662. The SMILES string of the molecule is CN(C)C(=O)c1cccnc1S(=O)(=O)n1ccc(N)nc1=O. The van der Waals surface area contributed by atoms with Crippen LogP contribution in [0.2, 0.25) is 0 Å². The standard InChI is InChI=1S/C12H13N5O4S/c1-16(2)11(18)8-4-3-6-14-10(8)22(20,21)17-7-5-9(13)15-12(17)19/h3-7H,1-2H3,(H2,13,15,19). The van der Waals surface area contributed by atoms with E-state index in [0.29, 0.717) is 3.97 Å². The van der Waals surface area contributed by atoms with Gasteiger partial charge in [-0.05, 0) is 18.2 Å². The normalized spacial score (nSPS) is 11.2. The quantitative estimate of drug-likeness (QED) is 0.779. The summed E-state index contributed by atoms with van der Waals surface area (Å²) in [5.41, 5.74) is 4.11. The third kappa shape index (κ3) is 2.68. The molecule has 2 heterocycles. The van der Waals surface area contributed by atoms with Crippen LogP contribution < -0.4 is 11.4 Å². The van der Waals surface area contributed by atoms with Gasteiger partial charge in [0.25, 0.3) is 15.9 Å². The molecule has 10 heteroatoms. The molecular formula is C12H13N5O4S. The molecule has 0 atom stereocenters. The van der Waals surface area contributed by atoms with Gasteiger partial charge in [0.05, 0.1) is 5.56 Å². The fraction of sp³-hybridized carbons (Fsp3) is 0.167. The maximum atomic E-state index is 12.6. The van der Waals surface area contributed by atoms with Gasteiger partial charge in [0, 0.05) is 26.5 Å². The molecule has 0 saturated carbocycles. The summed E-state index contributed by atoms with van der Waals surface area (Å²) in [4.78, 5) is 32.1. The molecular weight excluding hydrogens is 310 g/mol. The summed E-state index contributed by atoms with van der Waals surface area (Å²) in [6.07, 6.45) is 2.19. The van der Waals surface area contributed by atoms with Crippen molar-refractivity contribution in [3.8, 4) is 0 Å². The second-order valence-corrected chi connectivity index (χ2v) is 6.22. The highest BCUT2D eigenvalue weighted by molar-refractivity contribution is 7.89. The number of rotatable bonds is 3. The van der Waals surface area contributed by atoms with Crippen LogP contribution in [0.4, 0.5) is 5.82 Å². The van der Waals surface area contributed by atoms with Crippen LogP contribution in [0.25, 0.3) is 0 Å². The van der Waals surface area contributed by atoms with E-state index in [1.807, 2.05) is 0 Å². The summed E-state index contributed by atoms with van der Waals surface area (Å²) in [5, 5.41) is -0.526. The fourth-order valence-electron chi connectivity index (χ4n) is 1.68. The lowest BCUT2D eigenvalue weighted by atomic mass is 10.2. The average molecular weight is 323 g/mol. The molecule has 0 aliphatic rings. The summed E-state index contributed by atoms with van der Waals surface area (Å²) in [6, 6.07) is 3.91. The highest BCUT2D eigenvalue weighted by Gasteiger charge is 2.27. The first-order valence-electron chi connectivity index (χ1n) is 6.02. The predicted octanol–water partition coefficient (Wildman–Crippen LogP) is -0.841. The average Bonchev–Trinajstić information content (AvgIpc) is 2.46. The van der Waals surface area contributed by atoms with Crippen LogP contribution in [0.3, 0.4) is 0 Å². The molecule has 0 aliphatic carbocycles. The summed E-state index contributed by atoms with van der Waals surface area (Å²) in [6.45, 7) is 0. The fourth-order valence-corrected chi connectivity index (χ4v) is 2.96. The van der Waals surface area contributed by atoms with Gasteiger partial charge in [-0.15, -0.1) is 0 Å². The first kappa shape index (κ1) is 15.6. The largest absolute Gasteiger partial charge is 0.383 e. The molecule has 2 rings (SSSR count). The van der Waals surface area contributed by atoms with Crippen molar-refractivity contribution in [2.75, 3.05) is 19.8 Å². The van der Waals surface area contributed by atoms with Crippen molar-refractivity contribution in [1.82, 2.24) is 18.8 Å². The Morgan fingerprint density at radius 1 is 1.32 bits per heavy atom. The van der Waals surface area contributed by atoms with Crippen molar-refractivity contribution in [2.45, 2.75) is 5.03 Å². The molecule has 1 amide bonds. The van der Waals surface area contributed by atoms with Gasteiger partial charge in [0.2, 0.25) is 0 Å². The van der Waals surface area contributed by atoms with Crippen molar-refractivity contribution >= 4 is 21.7 Å². The number of nitrogen functional groups attached to an aromatic ring is 1. The van der Waals surface area contributed by atoms with Crippen molar-refractivity contribution in [3.63, 3.8) is 0 Å². The smallest absolute Gasteiger partial charge is 0.363 e. The molecule has 0 aliphatic heterocycles. The van der Waals surface area contributed by atoms with Crippen molar-refractivity contribution in [1.29, 1.82) is 0 Å². The second-order valence-electron chi connectivity index (χ2n) is 4.49. The number of anilines is 1. The highest BCUT2D eigenvalue weighted by Crippen LogP contribution is 2.16.